The Labute approximate surface area is 162 Å². The number of hydrogen-bond donors (Lipinski definition) is 0. The maximum absolute atomic E-state index is 12.8. The number of ketones is 1. The molecule has 6 heteroatoms. The summed E-state index contributed by atoms with van der Waals surface area (Å²) in [6, 6.07) is 6.98. The molecule has 0 spiro atoms. The van der Waals surface area contributed by atoms with Crippen molar-refractivity contribution in [1.29, 1.82) is 0 Å². The summed E-state index contributed by atoms with van der Waals surface area (Å²) in [4.78, 5) is 51.0. The Kier molecular flexibility index (Phi) is 3.79. The van der Waals surface area contributed by atoms with Gasteiger partial charge in [-0.25, -0.2) is 0 Å². The van der Waals surface area contributed by atoms with Gasteiger partial charge in [0.15, 0.2) is 12.4 Å². The standard InChI is InChI=1S/C22H21NO5/c1-11-2-4-12(5-3-11)17(24)10-28-18(25)9-23-21(26)19-13-6-7-14(16-8-15(13)16)20(19)22(23)27/h2-7,13-16,19-20H,8-10H2,1H3. The van der Waals surface area contributed by atoms with E-state index in [-0.39, 0.29) is 41.3 Å². The summed E-state index contributed by atoms with van der Waals surface area (Å²) in [5.41, 5.74) is 1.49. The van der Waals surface area contributed by atoms with E-state index in [1.807, 2.05) is 19.1 Å². The Bertz CT molecular complexity index is 881. The average molecular weight is 379 g/mol. The van der Waals surface area contributed by atoms with E-state index in [4.69, 9.17) is 4.74 Å². The van der Waals surface area contributed by atoms with E-state index in [0.29, 0.717) is 17.4 Å². The van der Waals surface area contributed by atoms with Gasteiger partial charge < -0.3 is 4.74 Å². The van der Waals surface area contributed by atoms with Gasteiger partial charge in [-0.3, -0.25) is 24.1 Å². The van der Waals surface area contributed by atoms with Crippen LogP contribution in [0.5, 0.6) is 0 Å². The van der Waals surface area contributed by atoms with Gasteiger partial charge in [0.25, 0.3) is 0 Å². The molecule has 1 aromatic carbocycles. The molecule has 0 aromatic heterocycles. The van der Waals surface area contributed by atoms with Crippen LogP contribution in [-0.2, 0) is 19.1 Å². The maximum atomic E-state index is 12.8. The molecule has 5 aliphatic rings. The smallest absolute Gasteiger partial charge is 0.326 e. The molecule has 1 aliphatic heterocycles. The van der Waals surface area contributed by atoms with Gasteiger partial charge in [0.05, 0.1) is 11.8 Å². The SMILES string of the molecule is Cc1ccc(C(=O)COC(=O)CN2C(=O)C3C4C=CC(C5CC45)C3C2=O)cc1. The van der Waals surface area contributed by atoms with Crippen molar-refractivity contribution in [3.05, 3.63) is 47.5 Å². The van der Waals surface area contributed by atoms with Gasteiger partial charge in [-0.2, -0.15) is 0 Å². The van der Waals surface area contributed by atoms with Crippen LogP contribution in [0.25, 0.3) is 0 Å². The molecule has 144 valence electrons. The van der Waals surface area contributed by atoms with E-state index < -0.39 is 19.1 Å². The Morgan fingerprint density at radius 2 is 1.57 bits per heavy atom. The van der Waals surface area contributed by atoms with Crippen LogP contribution in [0.2, 0.25) is 0 Å². The summed E-state index contributed by atoms with van der Waals surface area (Å²) in [6.07, 6.45) is 5.28. The topological polar surface area (TPSA) is 80.8 Å². The van der Waals surface area contributed by atoms with Crippen LogP contribution in [0.1, 0.15) is 22.3 Å². The summed E-state index contributed by atoms with van der Waals surface area (Å²) in [7, 11) is 0. The van der Waals surface area contributed by atoms with Crippen LogP contribution in [0.4, 0.5) is 0 Å². The average Bonchev–Trinajstić information content (AvgIpc) is 3.48. The summed E-state index contributed by atoms with van der Waals surface area (Å²) >= 11 is 0. The Hall–Kier alpha value is -2.76. The Morgan fingerprint density at radius 1 is 1.00 bits per heavy atom. The molecule has 6 rings (SSSR count). The first-order valence-corrected chi connectivity index (χ1v) is 9.75. The van der Waals surface area contributed by atoms with Crippen molar-refractivity contribution < 1.29 is 23.9 Å². The lowest BCUT2D eigenvalue weighted by molar-refractivity contribution is -0.152. The number of imide groups is 1. The highest BCUT2D eigenvalue weighted by atomic mass is 16.5. The summed E-state index contributed by atoms with van der Waals surface area (Å²) < 4.78 is 5.05. The van der Waals surface area contributed by atoms with Gasteiger partial charge in [0.2, 0.25) is 11.8 Å². The van der Waals surface area contributed by atoms with Gasteiger partial charge in [-0.05, 0) is 37.0 Å². The molecule has 6 unspecified atom stereocenters. The molecule has 6 atom stereocenters. The van der Waals surface area contributed by atoms with Crippen molar-refractivity contribution in [3.63, 3.8) is 0 Å². The number of Topliss-reactive ketones (excluding diaryl/α,β-unsaturated/α-hetero) is 1. The number of carbonyl (C=O) groups excluding carboxylic acids is 4. The predicted molar refractivity (Wildman–Crippen MR) is 97.9 cm³/mol. The van der Waals surface area contributed by atoms with Gasteiger partial charge in [0, 0.05) is 5.56 Å². The molecule has 2 bridgehead atoms. The molecule has 4 aliphatic carbocycles. The van der Waals surface area contributed by atoms with E-state index >= 15 is 0 Å². The highest BCUT2D eigenvalue weighted by Gasteiger charge is 2.67. The number of likely N-dealkylation sites (tertiary alicyclic amines) is 1. The molecule has 2 amide bonds. The van der Waals surface area contributed by atoms with Crippen LogP contribution in [0.15, 0.2) is 36.4 Å². The summed E-state index contributed by atoms with van der Waals surface area (Å²) in [5, 5.41) is 0. The summed E-state index contributed by atoms with van der Waals surface area (Å²) in [6.45, 7) is 1.10. The summed E-state index contributed by atoms with van der Waals surface area (Å²) in [5.74, 6) is -0.931. The molecule has 3 fully saturated rings. The number of nitrogens with zero attached hydrogens (tertiary/aromatic N) is 1. The lowest BCUT2D eigenvalue weighted by atomic mass is 9.63. The van der Waals surface area contributed by atoms with Crippen molar-refractivity contribution in [2.24, 2.45) is 35.5 Å². The highest BCUT2D eigenvalue weighted by molar-refractivity contribution is 6.08. The van der Waals surface area contributed by atoms with Crippen molar-refractivity contribution in [2.45, 2.75) is 13.3 Å². The van der Waals surface area contributed by atoms with Crippen LogP contribution in [-0.4, -0.2) is 41.6 Å². The highest BCUT2D eigenvalue weighted by Crippen LogP contribution is 2.65. The third kappa shape index (κ3) is 2.54. The molecule has 0 radical (unpaired) electrons. The van der Waals surface area contributed by atoms with Crippen molar-refractivity contribution >= 4 is 23.6 Å². The third-order valence-electron chi connectivity index (χ3n) is 6.78. The Balaban J connectivity index is 1.21. The van der Waals surface area contributed by atoms with E-state index in [1.54, 1.807) is 12.1 Å². The number of allylic oxidation sites excluding steroid dienone is 2. The predicted octanol–water partition coefficient (Wildman–Crippen LogP) is 1.77. The Morgan fingerprint density at radius 3 is 2.14 bits per heavy atom. The third-order valence-corrected chi connectivity index (χ3v) is 6.78. The molecule has 2 saturated carbocycles. The fourth-order valence-electron chi connectivity index (χ4n) is 5.32. The van der Waals surface area contributed by atoms with Crippen LogP contribution < -0.4 is 0 Å². The number of esters is 1. The number of amides is 2. The zero-order valence-corrected chi connectivity index (χ0v) is 15.5. The maximum Gasteiger partial charge on any atom is 0.326 e. The second-order valence-electron chi connectivity index (χ2n) is 8.37. The lowest BCUT2D eigenvalue weighted by Gasteiger charge is -2.37. The number of carbonyl (C=O) groups is 4. The second-order valence-corrected chi connectivity index (χ2v) is 8.37. The normalized spacial score (nSPS) is 34.2. The van der Waals surface area contributed by atoms with E-state index in [1.165, 1.54) is 0 Å². The molecule has 1 saturated heterocycles. The molecule has 0 N–H and O–H groups in total. The monoisotopic (exact) mass is 379 g/mol. The minimum absolute atomic E-state index is 0.126. The van der Waals surface area contributed by atoms with E-state index in [9.17, 15) is 19.2 Å². The fraction of sp³-hybridized carbons (Fsp3) is 0.455. The first-order valence-electron chi connectivity index (χ1n) is 9.75. The quantitative estimate of drug-likeness (QED) is 0.337. The molecule has 1 heterocycles. The molecular formula is C22H21NO5. The zero-order chi connectivity index (χ0) is 19.6. The number of aryl methyl sites for hydroxylation is 1. The number of ether oxygens (including phenoxy) is 1. The molecule has 28 heavy (non-hydrogen) atoms. The van der Waals surface area contributed by atoms with Crippen LogP contribution in [0, 0.1) is 42.4 Å². The second kappa shape index (κ2) is 6.12. The van der Waals surface area contributed by atoms with Crippen LogP contribution in [0.3, 0.4) is 0 Å². The molecule has 1 aromatic rings. The first-order chi connectivity index (χ1) is 13.5. The molecular weight excluding hydrogens is 358 g/mol. The van der Waals surface area contributed by atoms with Gasteiger partial charge in [-0.15, -0.1) is 0 Å². The van der Waals surface area contributed by atoms with Crippen molar-refractivity contribution in [3.8, 4) is 0 Å². The van der Waals surface area contributed by atoms with Crippen molar-refractivity contribution in [2.75, 3.05) is 13.2 Å². The van der Waals surface area contributed by atoms with E-state index in [0.717, 1.165) is 16.9 Å². The first kappa shape index (κ1) is 17.3. The van der Waals surface area contributed by atoms with Gasteiger partial charge >= 0.3 is 5.97 Å². The number of benzene rings is 1. The van der Waals surface area contributed by atoms with Crippen LogP contribution >= 0.6 is 0 Å². The minimum atomic E-state index is -0.730. The number of hydrogen-bond acceptors (Lipinski definition) is 5. The zero-order valence-electron chi connectivity index (χ0n) is 15.5. The molecule has 6 nitrogen and oxygen atoms in total. The van der Waals surface area contributed by atoms with Gasteiger partial charge in [-0.1, -0.05) is 42.0 Å². The number of rotatable bonds is 5. The van der Waals surface area contributed by atoms with Gasteiger partial charge in [0.1, 0.15) is 6.54 Å². The largest absolute Gasteiger partial charge is 0.456 e. The fourth-order valence-corrected chi connectivity index (χ4v) is 5.32. The minimum Gasteiger partial charge on any atom is -0.456 e. The lowest BCUT2D eigenvalue weighted by Crippen LogP contribution is -2.40. The van der Waals surface area contributed by atoms with Crippen molar-refractivity contribution in [1.82, 2.24) is 4.90 Å². The van der Waals surface area contributed by atoms with E-state index in [2.05, 4.69) is 12.2 Å².